The predicted molar refractivity (Wildman–Crippen MR) is 53.7 cm³/mol. The molecule has 3 N–H and O–H groups in total. The van der Waals surface area contributed by atoms with Gasteiger partial charge in [-0.3, -0.25) is 0 Å². The topological polar surface area (TPSA) is 69.9 Å². The zero-order valence-electron chi connectivity index (χ0n) is 8.97. The summed E-state index contributed by atoms with van der Waals surface area (Å²) in [5.74, 6) is -1.83. The molecule has 0 saturated carbocycles. The quantitative estimate of drug-likeness (QED) is 0.433. The standard InChI is InChI=1S/C10H20O4/c1-4-10(12,13)6-5-9(11)7-14-8(2)3/h5-6,8-9,11-13H,4,7H2,1-3H3/b6-5-/t9-/m0/s1. The predicted octanol–water partition coefficient (Wildman–Crippen LogP) is 0.419. The highest BCUT2D eigenvalue weighted by Gasteiger charge is 2.15. The Morgan fingerprint density at radius 1 is 1.36 bits per heavy atom. The molecule has 0 fully saturated rings. The Balaban J connectivity index is 3.87. The SMILES string of the molecule is CCC(O)(O)/C=C\[C@H](O)COC(C)C. The van der Waals surface area contributed by atoms with E-state index < -0.39 is 11.9 Å². The third kappa shape index (κ3) is 7.03. The first-order valence-corrected chi connectivity index (χ1v) is 4.81. The van der Waals surface area contributed by atoms with E-state index in [9.17, 15) is 5.11 Å². The van der Waals surface area contributed by atoms with Gasteiger partial charge in [0.15, 0.2) is 5.79 Å². The maximum absolute atomic E-state index is 9.32. The molecule has 0 aliphatic rings. The van der Waals surface area contributed by atoms with Crippen LogP contribution in [0, 0.1) is 0 Å². The van der Waals surface area contributed by atoms with Crippen LogP contribution in [-0.4, -0.2) is 39.9 Å². The van der Waals surface area contributed by atoms with E-state index in [1.807, 2.05) is 13.8 Å². The van der Waals surface area contributed by atoms with Crippen molar-refractivity contribution >= 4 is 0 Å². The summed E-state index contributed by atoms with van der Waals surface area (Å²) in [5, 5.41) is 27.7. The Kier molecular flexibility index (Phi) is 5.95. The van der Waals surface area contributed by atoms with Gasteiger partial charge in [0, 0.05) is 6.42 Å². The second-order valence-electron chi connectivity index (χ2n) is 3.54. The van der Waals surface area contributed by atoms with Crippen LogP contribution in [0.25, 0.3) is 0 Å². The van der Waals surface area contributed by atoms with Gasteiger partial charge in [-0.2, -0.15) is 0 Å². The van der Waals surface area contributed by atoms with Gasteiger partial charge in [0.2, 0.25) is 0 Å². The van der Waals surface area contributed by atoms with E-state index in [4.69, 9.17) is 14.9 Å². The monoisotopic (exact) mass is 204 g/mol. The lowest BCUT2D eigenvalue weighted by molar-refractivity contribution is -0.120. The average Bonchev–Trinajstić information content (AvgIpc) is 2.11. The Morgan fingerprint density at radius 3 is 2.36 bits per heavy atom. The summed E-state index contributed by atoms with van der Waals surface area (Å²) >= 11 is 0. The van der Waals surface area contributed by atoms with Crippen LogP contribution in [0.3, 0.4) is 0 Å². The molecule has 0 saturated heterocycles. The van der Waals surface area contributed by atoms with E-state index in [1.54, 1.807) is 6.92 Å². The molecule has 0 bridgehead atoms. The molecule has 0 radical (unpaired) electrons. The first kappa shape index (κ1) is 13.6. The molecular weight excluding hydrogens is 184 g/mol. The zero-order chi connectivity index (χ0) is 11.2. The zero-order valence-corrected chi connectivity index (χ0v) is 8.97. The van der Waals surface area contributed by atoms with Crippen molar-refractivity contribution in [2.24, 2.45) is 0 Å². The molecule has 0 aromatic heterocycles. The molecule has 0 rings (SSSR count). The van der Waals surface area contributed by atoms with Crippen LogP contribution in [0.1, 0.15) is 27.2 Å². The maximum Gasteiger partial charge on any atom is 0.182 e. The molecular formula is C10H20O4. The average molecular weight is 204 g/mol. The van der Waals surface area contributed by atoms with E-state index in [0.29, 0.717) is 0 Å². The van der Waals surface area contributed by atoms with Crippen molar-refractivity contribution in [1.82, 2.24) is 0 Å². The van der Waals surface area contributed by atoms with Crippen molar-refractivity contribution < 1.29 is 20.1 Å². The molecule has 84 valence electrons. The number of ether oxygens (including phenoxy) is 1. The largest absolute Gasteiger partial charge is 0.387 e. The Morgan fingerprint density at radius 2 is 1.93 bits per heavy atom. The van der Waals surface area contributed by atoms with E-state index >= 15 is 0 Å². The molecule has 0 heterocycles. The van der Waals surface area contributed by atoms with Crippen molar-refractivity contribution in [2.75, 3.05) is 6.61 Å². The first-order valence-electron chi connectivity index (χ1n) is 4.81. The van der Waals surface area contributed by atoms with Crippen LogP contribution >= 0.6 is 0 Å². The smallest absolute Gasteiger partial charge is 0.182 e. The van der Waals surface area contributed by atoms with E-state index in [2.05, 4.69) is 0 Å². The van der Waals surface area contributed by atoms with Gasteiger partial charge in [-0.1, -0.05) is 13.0 Å². The lowest BCUT2D eigenvalue weighted by Gasteiger charge is -2.15. The highest BCUT2D eigenvalue weighted by Crippen LogP contribution is 2.07. The van der Waals surface area contributed by atoms with Crippen LogP contribution in [-0.2, 0) is 4.74 Å². The molecule has 0 amide bonds. The molecule has 0 spiro atoms. The third-order valence-electron chi connectivity index (χ3n) is 1.71. The van der Waals surface area contributed by atoms with E-state index in [1.165, 1.54) is 12.2 Å². The minimum Gasteiger partial charge on any atom is -0.387 e. The second-order valence-corrected chi connectivity index (χ2v) is 3.54. The van der Waals surface area contributed by atoms with Gasteiger partial charge in [-0.05, 0) is 19.9 Å². The number of rotatable bonds is 6. The van der Waals surface area contributed by atoms with E-state index in [0.717, 1.165) is 0 Å². The Labute approximate surface area is 84.8 Å². The fourth-order valence-electron chi connectivity index (χ4n) is 0.730. The van der Waals surface area contributed by atoms with Gasteiger partial charge in [0.05, 0.1) is 18.8 Å². The minimum absolute atomic E-state index is 0.0530. The molecule has 1 atom stereocenters. The van der Waals surface area contributed by atoms with Gasteiger partial charge in [-0.15, -0.1) is 0 Å². The number of hydrogen-bond acceptors (Lipinski definition) is 4. The maximum atomic E-state index is 9.32. The van der Waals surface area contributed by atoms with Crippen LogP contribution in [0.4, 0.5) is 0 Å². The van der Waals surface area contributed by atoms with Crippen molar-refractivity contribution in [2.45, 2.75) is 45.2 Å². The van der Waals surface area contributed by atoms with E-state index in [-0.39, 0.29) is 19.1 Å². The molecule has 0 unspecified atom stereocenters. The van der Waals surface area contributed by atoms with Crippen LogP contribution in [0.5, 0.6) is 0 Å². The fraction of sp³-hybridized carbons (Fsp3) is 0.800. The summed E-state index contributed by atoms with van der Waals surface area (Å²) in [6, 6.07) is 0. The number of aliphatic hydroxyl groups is 3. The molecule has 4 heteroatoms. The fourth-order valence-corrected chi connectivity index (χ4v) is 0.730. The van der Waals surface area contributed by atoms with Crippen LogP contribution in [0.2, 0.25) is 0 Å². The molecule has 4 nitrogen and oxygen atoms in total. The molecule has 0 aromatic carbocycles. The normalized spacial score (nSPS) is 15.4. The van der Waals surface area contributed by atoms with Gasteiger partial charge >= 0.3 is 0 Å². The van der Waals surface area contributed by atoms with Gasteiger partial charge < -0.3 is 20.1 Å². The lowest BCUT2D eigenvalue weighted by atomic mass is 10.2. The van der Waals surface area contributed by atoms with Crippen molar-refractivity contribution in [3.05, 3.63) is 12.2 Å². The Hall–Kier alpha value is -0.420. The summed E-state index contributed by atoms with van der Waals surface area (Å²) in [6.07, 6.45) is 1.92. The molecule has 0 aromatic rings. The summed E-state index contributed by atoms with van der Waals surface area (Å²) in [4.78, 5) is 0. The number of hydrogen-bond donors (Lipinski definition) is 3. The first-order chi connectivity index (χ1) is 6.37. The van der Waals surface area contributed by atoms with Crippen LogP contribution < -0.4 is 0 Å². The lowest BCUT2D eigenvalue weighted by Crippen LogP contribution is -2.25. The summed E-state index contributed by atoms with van der Waals surface area (Å²) in [6.45, 7) is 5.53. The van der Waals surface area contributed by atoms with Gasteiger partial charge in [-0.25, -0.2) is 0 Å². The highest BCUT2D eigenvalue weighted by atomic mass is 16.5. The van der Waals surface area contributed by atoms with Crippen molar-refractivity contribution in [1.29, 1.82) is 0 Å². The summed E-state index contributed by atoms with van der Waals surface area (Å²) in [7, 11) is 0. The summed E-state index contributed by atoms with van der Waals surface area (Å²) in [5.41, 5.74) is 0. The second kappa shape index (κ2) is 6.14. The van der Waals surface area contributed by atoms with Gasteiger partial charge in [0.25, 0.3) is 0 Å². The molecule has 0 aliphatic carbocycles. The summed E-state index contributed by atoms with van der Waals surface area (Å²) < 4.78 is 5.14. The third-order valence-corrected chi connectivity index (χ3v) is 1.71. The van der Waals surface area contributed by atoms with Gasteiger partial charge in [0.1, 0.15) is 0 Å². The van der Waals surface area contributed by atoms with Crippen LogP contribution in [0.15, 0.2) is 12.2 Å². The van der Waals surface area contributed by atoms with Crippen molar-refractivity contribution in [3.63, 3.8) is 0 Å². The Bertz CT molecular complexity index is 175. The highest BCUT2D eigenvalue weighted by molar-refractivity contribution is 4.97. The minimum atomic E-state index is -1.83. The van der Waals surface area contributed by atoms with Crippen molar-refractivity contribution in [3.8, 4) is 0 Å². The molecule has 0 aliphatic heterocycles. The molecule has 14 heavy (non-hydrogen) atoms. The number of aliphatic hydroxyl groups excluding tert-OH is 1.